The summed E-state index contributed by atoms with van der Waals surface area (Å²) >= 11 is 0. The molecule has 1 aliphatic rings. The SMILES string of the molecule is Cc1cc(NC(=O)C2(c3ccc(N)cc3)CC2)n(C)n1. The van der Waals surface area contributed by atoms with E-state index in [0.717, 1.165) is 29.9 Å². The van der Waals surface area contributed by atoms with Gasteiger partial charge >= 0.3 is 0 Å². The molecule has 5 heteroatoms. The fourth-order valence-corrected chi connectivity index (χ4v) is 2.54. The molecular formula is C15H18N4O. The molecule has 1 amide bonds. The maximum absolute atomic E-state index is 12.6. The van der Waals surface area contributed by atoms with Crippen LogP contribution >= 0.6 is 0 Å². The smallest absolute Gasteiger partial charge is 0.236 e. The summed E-state index contributed by atoms with van der Waals surface area (Å²) in [5.41, 5.74) is 7.94. The molecule has 0 bridgehead atoms. The largest absolute Gasteiger partial charge is 0.399 e. The summed E-state index contributed by atoms with van der Waals surface area (Å²) in [6.45, 7) is 1.91. The molecule has 0 atom stereocenters. The number of carbonyl (C=O) groups is 1. The van der Waals surface area contributed by atoms with Crippen molar-refractivity contribution in [2.45, 2.75) is 25.2 Å². The van der Waals surface area contributed by atoms with Crippen molar-refractivity contribution in [3.63, 3.8) is 0 Å². The Kier molecular flexibility index (Phi) is 2.78. The minimum absolute atomic E-state index is 0.0327. The van der Waals surface area contributed by atoms with Crippen molar-refractivity contribution in [1.82, 2.24) is 9.78 Å². The Morgan fingerprint density at radius 1 is 1.35 bits per heavy atom. The molecule has 1 fully saturated rings. The quantitative estimate of drug-likeness (QED) is 0.838. The van der Waals surface area contributed by atoms with Gasteiger partial charge in [-0.05, 0) is 37.5 Å². The van der Waals surface area contributed by atoms with Crippen molar-refractivity contribution in [2.75, 3.05) is 11.1 Å². The number of nitrogens with two attached hydrogens (primary N) is 1. The van der Waals surface area contributed by atoms with Gasteiger partial charge in [-0.3, -0.25) is 9.48 Å². The number of anilines is 2. The highest BCUT2D eigenvalue weighted by Gasteiger charge is 2.51. The Hall–Kier alpha value is -2.30. The average Bonchev–Trinajstić information content (AvgIpc) is 3.14. The van der Waals surface area contributed by atoms with Crippen LogP contribution < -0.4 is 11.1 Å². The number of nitrogen functional groups attached to an aromatic ring is 1. The van der Waals surface area contributed by atoms with Gasteiger partial charge in [0.25, 0.3) is 0 Å². The van der Waals surface area contributed by atoms with Crippen LogP contribution in [0.3, 0.4) is 0 Å². The first-order valence-corrected chi connectivity index (χ1v) is 6.69. The second-order valence-corrected chi connectivity index (χ2v) is 5.45. The van der Waals surface area contributed by atoms with Gasteiger partial charge in [0.05, 0.1) is 11.1 Å². The lowest BCUT2D eigenvalue weighted by Crippen LogP contribution is -2.28. The van der Waals surface area contributed by atoms with Crippen LogP contribution in [0.4, 0.5) is 11.5 Å². The zero-order chi connectivity index (χ0) is 14.3. The predicted molar refractivity (Wildman–Crippen MR) is 78.3 cm³/mol. The number of hydrogen-bond acceptors (Lipinski definition) is 3. The summed E-state index contributed by atoms with van der Waals surface area (Å²) < 4.78 is 1.69. The molecule has 20 heavy (non-hydrogen) atoms. The van der Waals surface area contributed by atoms with Crippen LogP contribution in [-0.4, -0.2) is 15.7 Å². The van der Waals surface area contributed by atoms with E-state index in [9.17, 15) is 4.79 Å². The van der Waals surface area contributed by atoms with Crippen molar-refractivity contribution in [3.8, 4) is 0 Å². The number of aryl methyl sites for hydroxylation is 2. The number of amides is 1. The number of carbonyl (C=O) groups excluding carboxylic acids is 1. The van der Waals surface area contributed by atoms with E-state index in [0.29, 0.717) is 5.69 Å². The molecule has 1 aromatic heterocycles. The fourth-order valence-electron chi connectivity index (χ4n) is 2.54. The third-order valence-corrected chi connectivity index (χ3v) is 3.89. The maximum Gasteiger partial charge on any atom is 0.236 e. The Bertz CT molecular complexity index is 653. The lowest BCUT2D eigenvalue weighted by molar-refractivity contribution is -0.118. The number of nitrogens with zero attached hydrogens (tertiary/aromatic N) is 2. The molecule has 1 aromatic carbocycles. The Morgan fingerprint density at radius 2 is 2.00 bits per heavy atom. The lowest BCUT2D eigenvalue weighted by Gasteiger charge is -2.16. The van der Waals surface area contributed by atoms with Gasteiger partial charge in [0.15, 0.2) is 0 Å². The summed E-state index contributed by atoms with van der Waals surface area (Å²) in [5, 5.41) is 7.21. The van der Waals surface area contributed by atoms with E-state index in [1.165, 1.54) is 0 Å². The third kappa shape index (κ3) is 2.05. The first-order valence-electron chi connectivity index (χ1n) is 6.69. The Morgan fingerprint density at radius 3 is 2.50 bits per heavy atom. The molecule has 3 N–H and O–H groups in total. The fraction of sp³-hybridized carbons (Fsp3) is 0.333. The van der Waals surface area contributed by atoms with E-state index in [1.54, 1.807) is 4.68 Å². The predicted octanol–water partition coefficient (Wildman–Crippen LogP) is 1.98. The number of benzene rings is 1. The van der Waals surface area contributed by atoms with E-state index < -0.39 is 5.41 Å². The summed E-state index contributed by atoms with van der Waals surface area (Å²) in [6, 6.07) is 9.44. The second-order valence-electron chi connectivity index (χ2n) is 5.45. The van der Waals surface area contributed by atoms with Crippen LogP contribution in [-0.2, 0) is 17.3 Å². The molecule has 1 saturated carbocycles. The highest BCUT2D eigenvalue weighted by atomic mass is 16.2. The van der Waals surface area contributed by atoms with Gasteiger partial charge in [-0.2, -0.15) is 5.10 Å². The molecule has 0 spiro atoms. The number of hydrogen-bond donors (Lipinski definition) is 2. The molecule has 0 saturated heterocycles. The van der Waals surface area contributed by atoms with Gasteiger partial charge in [-0.15, -0.1) is 0 Å². The summed E-state index contributed by atoms with van der Waals surface area (Å²) in [5.74, 6) is 0.763. The highest BCUT2D eigenvalue weighted by molar-refractivity contribution is 6.01. The molecule has 1 aliphatic carbocycles. The van der Waals surface area contributed by atoms with E-state index >= 15 is 0 Å². The minimum atomic E-state index is -0.397. The number of aromatic nitrogens is 2. The van der Waals surface area contributed by atoms with Gasteiger partial charge in [0.2, 0.25) is 5.91 Å². The standard InChI is InChI=1S/C15H18N4O/c1-10-9-13(19(2)18-10)17-14(20)15(7-8-15)11-3-5-12(16)6-4-11/h3-6,9H,7-8,16H2,1-2H3,(H,17,20). The van der Waals surface area contributed by atoms with E-state index in [4.69, 9.17) is 5.73 Å². The average molecular weight is 270 g/mol. The van der Waals surface area contributed by atoms with Crippen LogP contribution in [0.5, 0.6) is 0 Å². The van der Waals surface area contributed by atoms with Crippen molar-refractivity contribution in [2.24, 2.45) is 7.05 Å². The summed E-state index contributed by atoms with van der Waals surface area (Å²) in [7, 11) is 1.82. The molecule has 104 valence electrons. The normalized spacial score (nSPS) is 15.9. The third-order valence-electron chi connectivity index (χ3n) is 3.89. The van der Waals surface area contributed by atoms with Crippen LogP contribution in [0, 0.1) is 6.92 Å². The zero-order valence-electron chi connectivity index (χ0n) is 11.7. The molecule has 1 heterocycles. The monoisotopic (exact) mass is 270 g/mol. The second kappa shape index (κ2) is 4.37. The summed E-state index contributed by atoms with van der Waals surface area (Å²) in [4.78, 5) is 12.6. The van der Waals surface area contributed by atoms with Gasteiger partial charge < -0.3 is 11.1 Å². The van der Waals surface area contributed by atoms with Crippen LogP contribution in [0.2, 0.25) is 0 Å². The highest BCUT2D eigenvalue weighted by Crippen LogP contribution is 2.49. The summed E-state index contributed by atoms with van der Waals surface area (Å²) in [6.07, 6.45) is 1.75. The van der Waals surface area contributed by atoms with Gasteiger partial charge in [-0.1, -0.05) is 12.1 Å². The molecule has 0 unspecified atom stereocenters. The van der Waals surface area contributed by atoms with E-state index in [-0.39, 0.29) is 5.91 Å². The van der Waals surface area contributed by atoms with Crippen LogP contribution in [0.1, 0.15) is 24.1 Å². The molecule has 2 aromatic rings. The van der Waals surface area contributed by atoms with E-state index in [1.807, 2.05) is 44.3 Å². The van der Waals surface area contributed by atoms with Crippen LogP contribution in [0.15, 0.2) is 30.3 Å². The van der Waals surface area contributed by atoms with Crippen molar-refractivity contribution in [3.05, 3.63) is 41.6 Å². The van der Waals surface area contributed by atoms with Crippen molar-refractivity contribution >= 4 is 17.4 Å². The van der Waals surface area contributed by atoms with Gasteiger partial charge in [0.1, 0.15) is 5.82 Å². The van der Waals surface area contributed by atoms with Gasteiger partial charge in [-0.25, -0.2) is 0 Å². The first-order chi connectivity index (χ1) is 9.51. The molecule has 3 rings (SSSR count). The van der Waals surface area contributed by atoms with Crippen LogP contribution in [0.25, 0.3) is 0 Å². The van der Waals surface area contributed by atoms with E-state index in [2.05, 4.69) is 10.4 Å². The topological polar surface area (TPSA) is 72.9 Å². The van der Waals surface area contributed by atoms with Crippen molar-refractivity contribution < 1.29 is 4.79 Å². The minimum Gasteiger partial charge on any atom is -0.399 e. The zero-order valence-corrected chi connectivity index (χ0v) is 11.7. The Balaban J connectivity index is 1.83. The molecule has 5 nitrogen and oxygen atoms in total. The van der Waals surface area contributed by atoms with Gasteiger partial charge in [0, 0.05) is 18.8 Å². The number of nitrogens with one attached hydrogen (secondary N) is 1. The molecule has 0 radical (unpaired) electrons. The van der Waals surface area contributed by atoms with Crippen molar-refractivity contribution in [1.29, 1.82) is 0 Å². The first kappa shape index (κ1) is 12.7. The maximum atomic E-state index is 12.6. The number of rotatable bonds is 3. The molecular weight excluding hydrogens is 252 g/mol. The Labute approximate surface area is 117 Å². The lowest BCUT2D eigenvalue weighted by atomic mass is 9.95. The molecule has 0 aliphatic heterocycles.